The van der Waals surface area contributed by atoms with Gasteiger partial charge in [-0.1, -0.05) is 44.1 Å². The number of hydrogen-bond donors (Lipinski definition) is 3. The molecule has 0 bridgehead atoms. The highest BCUT2D eigenvalue weighted by atomic mass is 32.2. The van der Waals surface area contributed by atoms with Crippen LogP contribution in [0.4, 0.5) is 4.79 Å². The number of alkyl carbamates (subject to hydrolysis) is 1. The molecule has 0 saturated carbocycles. The van der Waals surface area contributed by atoms with Crippen LogP contribution in [0.15, 0.2) is 64.1 Å². The van der Waals surface area contributed by atoms with Crippen LogP contribution in [0.25, 0.3) is 11.0 Å². The second kappa shape index (κ2) is 12.3. The largest absolute Gasteiger partial charge is 0.464 e. The fraction of sp³-hybridized carbons (Fsp3) is 0.464. The number of carbonyl (C=O) groups excluding carboxylic acids is 1. The predicted molar refractivity (Wildman–Crippen MR) is 147 cm³/mol. The van der Waals surface area contributed by atoms with Crippen molar-refractivity contribution >= 4 is 27.1 Å². The molecule has 0 aliphatic heterocycles. The van der Waals surface area contributed by atoms with Crippen molar-refractivity contribution in [3.05, 3.63) is 65.9 Å². The summed E-state index contributed by atoms with van der Waals surface area (Å²) in [5, 5.41) is 14.4. The van der Waals surface area contributed by atoms with E-state index < -0.39 is 64.5 Å². The molecule has 10 heteroatoms. The minimum atomic E-state index is -4.95. The number of nitrogens with two attached hydrogens (primary N) is 1. The first-order valence-corrected chi connectivity index (χ1v) is 13.5. The van der Waals surface area contributed by atoms with E-state index in [0.29, 0.717) is 22.1 Å². The van der Waals surface area contributed by atoms with Gasteiger partial charge in [-0.15, -0.1) is 0 Å². The fourth-order valence-corrected chi connectivity index (χ4v) is 5.17. The van der Waals surface area contributed by atoms with Crippen LogP contribution < -0.4 is 11.1 Å². The first kappa shape index (κ1) is 22.0. The van der Waals surface area contributed by atoms with Gasteiger partial charge in [-0.05, 0) is 56.8 Å². The molecule has 3 atom stereocenters. The molecule has 1 aromatic heterocycles. The van der Waals surface area contributed by atoms with Crippen LogP contribution in [-0.2, 0) is 27.7 Å². The number of benzene rings is 2. The molecule has 1 unspecified atom stereocenters. The van der Waals surface area contributed by atoms with Gasteiger partial charge in [0.15, 0.2) is 0 Å². The van der Waals surface area contributed by atoms with Crippen molar-refractivity contribution < 1.29 is 35.7 Å². The lowest BCUT2D eigenvalue weighted by molar-refractivity contribution is 0.0400. The summed E-state index contributed by atoms with van der Waals surface area (Å²) in [5.74, 6) is -3.00. The van der Waals surface area contributed by atoms with E-state index in [1.807, 2.05) is 0 Å². The zero-order chi connectivity index (χ0) is 33.3. The van der Waals surface area contributed by atoms with E-state index in [4.69, 9.17) is 23.1 Å². The average molecular weight is 552 g/mol. The Morgan fingerprint density at radius 2 is 2.00 bits per heavy atom. The smallest absolute Gasteiger partial charge is 0.407 e. The highest BCUT2D eigenvalue weighted by molar-refractivity contribution is 7.89. The normalized spacial score (nSPS) is 18.7. The first-order valence-electron chi connectivity index (χ1n) is 15.1. The van der Waals surface area contributed by atoms with E-state index >= 15 is 0 Å². The molecule has 2 aromatic carbocycles. The molecule has 3 rings (SSSR count). The molecule has 4 N–H and O–H groups in total. The number of ether oxygens (including phenoxy) is 1. The molecule has 1 heterocycles. The third kappa shape index (κ3) is 7.80. The SMILES string of the molecule is [2H]C([2H])([2H])C([2H])(C)C([2H])([2H])N(C[C@@H](O)[C@H](Cc1ccccc1)NC(=O)OC(C)(C)C)S(=O)(=O)c1ccc2occ(CN)c2c1. The molecule has 38 heavy (non-hydrogen) atoms. The lowest BCUT2D eigenvalue weighted by Gasteiger charge is -2.31. The Balaban J connectivity index is 2.13. The zero-order valence-corrected chi connectivity index (χ0v) is 22.7. The lowest BCUT2D eigenvalue weighted by Crippen LogP contribution is -2.51. The molecule has 0 fully saturated rings. The minimum absolute atomic E-state index is 0.0150. The third-order valence-electron chi connectivity index (χ3n) is 5.54. The Morgan fingerprint density at radius 3 is 2.63 bits per heavy atom. The summed E-state index contributed by atoms with van der Waals surface area (Å²) < 4.78 is 88.9. The highest BCUT2D eigenvalue weighted by Crippen LogP contribution is 2.27. The van der Waals surface area contributed by atoms with Crippen molar-refractivity contribution in [2.45, 2.75) is 70.2 Å². The van der Waals surface area contributed by atoms with Gasteiger partial charge in [-0.3, -0.25) is 0 Å². The minimum Gasteiger partial charge on any atom is -0.464 e. The van der Waals surface area contributed by atoms with Crippen molar-refractivity contribution in [2.75, 3.05) is 13.0 Å². The number of nitrogens with zero attached hydrogens (tertiary/aromatic N) is 1. The average Bonchev–Trinajstić information content (AvgIpc) is 3.32. The molecular weight excluding hydrogens is 506 g/mol. The Kier molecular flexibility index (Phi) is 7.10. The predicted octanol–water partition coefficient (Wildman–Crippen LogP) is 4.04. The first-order chi connectivity index (χ1) is 20.1. The molecule has 0 aliphatic rings. The van der Waals surface area contributed by atoms with Crippen LogP contribution >= 0.6 is 0 Å². The third-order valence-corrected chi connectivity index (χ3v) is 7.21. The van der Waals surface area contributed by atoms with E-state index in [1.54, 1.807) is 51.1 Å². The van der Waals surface area contributed by atoms with E-state index in [9.17, 15) is 18.3 Å². The molecule has 1 amide bonds. The Hall–Kier alpha value is -2.92. The second-order valence-corrected chi connectivity index (χ2v) is 11.8. The maximum Gasteiger partial charge on any atom is 0.407 e. The van der Waals surface area contributed by atoms with E-state index in [-0.39, 0.29) is 17.3 Å². The molecule has 208 valence electrons. The number of fused-ring (bicyclic) bond motifs is 1. The number of sulfonamides is 1. The molecule has 0 spiro atoms. The van der Waals surface area contributed by atoms with Gasteiger partial charge < -0.3 is 25.3 Å². The van der Waals surface area contributed by atoms with E-state index in [1.165, 1.54) is 18.4 Å². The number of aliphatic hydroxyl groups excluding tert-OH is 1. The summed E-state index contributed by atoms with van der Waals surface area (Å²) in [4.78, 5) is 12.3. The topological polar surface area (TPSA) is 135 Å². The highest BCUT2D eigenvalue weighted by Gasteiger charge is 2.32. The van der Waals surface area contributed by atoms with Gasteiger partial charge in [0.2, 0.25) is 10.0 Å². The van der Waals surface area contributed by atoms with Gasteiger partial charge >= 0.3 is 6.09 Å². The number of carbonyl (C=O) groups is 1. The molecule has 0 saturated heterocycles. The fourth-order valence-electron chi connectivity index (χ4n) is 3.80. The van der Waals surface area contributed by atoms with Gasteiger partial charge in [0, 0.05) is 38.8 Å². The number of rotatable bonds is 11. The van der Waals surface area contributed by atoms with Gasteiger partial charge in [0.05, 0.1) is 23.3 Å². The molecule has 3 aromatic rings. The summed E-state index contributed by atoms with van der Waals surface area (Å²) in [5.41, 5.74) is 6.29. The number of furan rings is 1. The summed E-state index contributed by atoms with van der Waals surface area (Å²) >= 11 is 0. The Morgan fingerprint density at radius 1 is 1.29 bits per heavy atom. The summed E-state index contributed by atoms with van der Waals surface area (Å²) in [6, 6.07) is 11.1. The number of amides is 1. The van der Waals surface area contributed by atoms with E-state index in [0.717, 1.165) is 13.0 Å². The number of aliphatic hydroxyl groups is 1. The summed E-state index contributed by atoms with van der Waals surface area (Å²) in [6.07, 6.45) is -1.37. The van der Waals surface area contributed by atoms with Crippen LogP contribution in [0.5, 0.6) is 0 Å². The van der Waals surface area contributed by atoms with Crippen molar-refractivity contribution in [2.24, 2.45) is 11.6 Å². The van der Waals surface area contributed by atoms with Crippen LogP contribution in [0.1, 0.15) is 53.9 Å². The van der Waals surface area contributed by atoms with E-state index in [2.05, 4.69) is 5.32 Å². The van der Waals surface area contributed by atoms with Gasteiger partial charge in [0.25, 0.3) is 0 Å². The Bertz CT molecular complexity index is 1560. The Labute approximate surface area is 233 Å². The van der Waals surface area contributed by atoms with Crippen molar-refractivity contribution in [3.63, 3.8) is 0 Å². The second-order valence-electron chi connectivity index (χ2n) is 9.91. The summed E-state index contributed by atoms with van der Waals surface area (Å²) in [7, 11) is -4.95. The monoisotopic (exact) mass is 551 g/mol. The van der Waals surface area contributed by atoms with Crippen LogP contribution in [-0.4, -0.2) is 54.7 Å². The van der Waals surface area contributed by atoms with Crippen LogP contribution in [0.2, 0.25) is 0 Å². The standard InChI is InChI=1S/C28H39N3O6S/c1-19(2)16-31(38(34,35)22-11-12-26-23(14-22)21(15-29)18-36-26)17-25(32)24(13-20-9-7-6-8-10-20)30-27(33)37-28(3,4)5/h6-12,14,18-19,24-25,32H,13,15-17,29H2,1-5H3,(H,30,33)/t24-,25+/m0/s1/i1D3,16D2,19D/t19?,24-,25+. The maximum atomic E-state index is 14.2. The van der Waals surface area contributed by atoms with Crippen molar-refractivity contribution in [1.29, 1.82) is 0 Å². The molecular formula is C28H39N3O6S. The molecule has 0 radical (unpaired) electrons. The van der Waals surface area contributed by atoms with Gasteiger partial charge in [-0.25, -0.2) is 13.2 Å². The number of hydrogen-bond acceptors (Lipinski definition) is 7. The van der Waals surface area contributed by atoms with Gasteiger partial charge in [-0.2, -0.15) is 4.31 Å². The maximum absolute atomic E-state index is 14.2. The zero-order valence-electron chi connectivity index (χ0n) is 27.9. The molecule has 0 aliphatic carbocycles. The molecule has 9 nitrogen and oxygen atoms in total. The quantitative estimate of drug-likeness (QED) is 0.327. The number of nitrogens with one attached hydrogen (secondary N) is 1. The summed E-state index contributed by atoms with van der Waals surface area (Å²) in [6.45, 7) is -2.03. The van der Waals surface area contributed by atoms with Crippen molar-refractivity contribution in [3.8, 4) is 0 Å². The van der Waals surface area contributed by atoms with Gasteiger partial charge in [0.1, 0.15) is 11.2 Å². The lowest BCUT2D eigenvalue weighted by atomic mass is 10.0. The van der Waals surface area contributed by atoms with Crippen LogP contribution in [0.3, 0.4) is 0 Å². The van der Waals surface area contributed by atoms with Crippen LogP contribution in [0, 0.1) is 5.89 Å². The van der Waals surface area contributed by atoms with Crippen molar-refractivity contribution in [1.82, 2.24) is 9.62 Å².